The molecule has 23 heavy (non-hydrogen) atoms. The van der Waals surface area contributed by atoms with Crippen LogP contribution in [0.1, 0.15) is 18.3 Å². The molecule has 0 spiro atoms. The third-order valence-corrected chi connectivity index (χ3v) is 3.42. The van der Waals surface area contributed by atoms with E-state index in [2.05, 4.69) is 15.3 Å². The molecule has 0 aliphatic rings. The molecule has 118 valence electrons. The summed E-state index contributed by atoms with van der Waals surface area (Å²) >= 11 is 0. The van der Waals surface area contributed by atoms with Crippen LogP contribution in [-0.4, -0.2) is 9.97 Å². The highest BCUT2D eigenvalue weighted by Gasteiger charge is 2.30. The number of nitrogens with zero attached hydrogens (tertiary/aromatic N) is 2. The van der Waals surface area contributed by atoms with Crippen molar-refractivity contribution in [2.75, 3.05) is 5.32 Å². The number of hydrogen-bond donors (Lipinski definition) is 1. The molecule has 2 aromatic carbocycles. The van der Waals surface area contributed by atoms with Crippen molar-refractivity contribution < 1.29 is 13.2 Å². The first-order chi connectivity index (χ1) is 11.0. The van der Waals surface area contributed by atoms with Gasteiger partial charge in [0.25, 0.3) is 0 Å². The molecule has 1 N–H and O–H groups in total. The standard InChI is InChI=1S/C17H14F3N3/c1-2-15-22-14-9-4-3-8-13(14)16(23-15)21-12-7-5-6-11(10-12)17(18,19)20/h3-10H,2H2,1H3,(H,21,22,23). The Bertz CT molecular complexity index is 844. The molecule has 0 amide bonds. The number of para-hydroxylation sites is 1. The number of alkyl halides is 3. The lowest BCUT2D eigenvalue weighted by molar-refractivity contribution is -0.137. The van der Waals surface area contributed by atoms with Gasteiger partial charge in [-0.3, -0.25) is 0 Å². The molecule has 3 nitrogen and oxygen atoms in total. The van der Waals surface area contributed by atoms with Gasteiger partial charge in [-0.25, -0.2) is 9.97 Å². The number of hydrogen-bond acceptors (Lipinski definition) is 3. The van der Waals surface area contributed by atoms with Crippen LogP contribution in [0.2, 0.25) is 0 Å². The summed E-state index contributed by atoms with van der Waals surface area (Å²) in [5, 5.41) is 3.75. The maximum absolute atomic E-state index is 12.8. The number of fused-ring (bicyclic) bond motifs is 1. The van der Waals surface area contributed by atoms with Gasteiger partial charge in [-0.15, -0.1) is 0 Å². The van der Waals surface area contributed by atoms with E-state index in [1.54, 1.807) is 6.07 Å². The second-order valence-corrected chi connectivity index (χ2v) is 5.06. The first-order valence-electron chi connectivity index (χ1n) is 7.17. The third kappa shape index (κ3) is 3.26. The summed E-state index contributed by atoms with van der Waals surface area (Å²) in [4.78, 5) is 8.82. The maximum atomic E-state index is 12.8. The van der Waals surface area contributed by atoms with Crippen LogP contribution in [-0.2, 0) is 12.6 Å². The number of rotatable bonds is 3. The van der Waals surface area contributed by atoms with Gasteiger partial charge < -0.3 is 5.32 Å². The zero-order chi connectivity index (χ0) is 16.4. The normalized spacial score (nSPS) is 11.7. The molecular weight excluding hydrogens is 303 g/mol. The molecule has 3 aromatic rings. The van der Waals surface area contributed by atoms with E-state index in [4.69, 9.17) is 0 Å². The SMILES string of the molecule is CCc1nc(Nc2cccc(C(F)(F)F)c2)c2ccccc2n1. The highest BCUT2D eigenvalue weighted by atomic mass is 19.4. The van der Waals surface area contributed by atoms with Crippen LogP contribution < -0.4 is 5.32 Å². The lowest BCUT2D eigenvalue weighted by Crippen LogP contribution is -2.06. The zero-order valence-corrected chi connectivity index (χ0v) is 12.4. The molecule has 1 aromatic heterocycles. The molecule has 0 radical (unpaired) electrons. The fourth-order valence-electron chi connectivity index (χ4n) is 2.29. The van der Waals surface area contributed by atoms with E-state index in [1.807, 2.05) is 31.2 Å². The van der Waals surface area contributed by atoms with Gasteiger partial charge in [0.05, 0.1) is 11.1 Å². The summed E-state index contributed by atoms with van der Waals surface area (Å²) in [6.07, 6.45) is -3.73. The van der Waals surface area contributed by atoms with Crippen molar-refractivity contribution in [3.63, 3.8) is 0 Å². The summed E-state index contributed by atoms with van der Waals surface area (Å²) in [5.74, 6) is 1.14. The molecule has 1 heterocycles. The highest BCUT2D eigenvalue weighted by molar-refractivity contribution is 5.90. The van der Waals surface area contributed by atoms with Crippen molar-refractivity contribution in [2.24, 2.45) is 0 Å². The summed E-state index contributed by atoms with van der Waals surface area (Å²) < 4.78 is 38.5. The monoisotopic (exact) mass is 317 g/mol. The number of aryl methyl sites for hydroxylation is 1. The predicted molar refractivity (Wildman–Crippen MR) is 83.6 cm³/mol. The van der Waals surface area contributed by atoms with Gasteiger partial charge in [0.15, 0.2) is 0 Å². The van der Waals surface area contributed by atoms with Gasteiger partial charge in [0.2, 0.25) is 0 Å². The quantitative estimate of drug-likeness (QED) is 0.742. The van der Waals surface area contributed by atoms with Crippen molar-refractivity contribution in [3.8, 4) is 0 Å². The third-order valence-electron chi connectivity index (χ3n) is 3.42. The minimum Gasteiger partial charge on any atom is -0.340 e. The van der Waals surface area contributed by atoms with E-state index in [-0.39, 0.29) is 0 Å². The Morgan fingerprint density at radius 2 is 1.78 bits per heavy atom. The smallest absolute Gasteiger partial charge is 0.340 e. The van der Waals surface area contributed by atoms with E-state index < -0.39 is 11.7 Å². The van der Waals surface area contributed by atoms with Crippen LogP contribution >= 0.6 is 0 Å². The Balaban J connectivity index is 2.05. The predicted octanol–water partition coefficient (Wildman–Crippen LogP) is 4.95. The van der Waals surface area contributed by atoms with Gasteiger partial charge in [0, 0.05) is 17.5 Å². The number of benzene rings is 2. The minimum absolute atomic E-state index is 0.339. The first kappa shape index (κ1) is 15.3. The van der Waals surface area contributed by atoms with Crippen LogP contribution in [0.4, 0.5) is 24.7 Å². The molecule has 0 unspecified atom stereocenters. The average Bonchev–Trinajstić information content (AvgIpc) is 2.54. The molecule has 0 bridgehead atoms. The minimum atomic E-state index is -4.37. The average molecular weight is 317 g/mol. The van der Waals surface area contributed by atoms with Gasteiger partial charge in [-0.2, -0.15) is 13.2 Å². The van der Waals surface area contributed by atoms with Gasteiger partial charge in [-0.1, -0.05) is 25.1 Å². The van der Waals surface area contributed by atoms with Gasteiger partial charge in [0.1, 0.15) is 11.6 Å². The summed E-state index contributed by atoms with van der Waals surface area (Å²) in [7, 11) is 0. The Labute approximate surface area is 131 Å². The molecular formula is C17H14F3N3. The van der Waals surface area contributed by atoms with E-state index in [0.717, 1.165) is 23.0 Å². The number of anilines is 2. The first-order valence-corrected chi connectivity index (χ1v) is 7.17. The van der Waals surface area contributed by atoms with Crippen LogP contribution in [0.3, 0.4) is 0 Å². The van der Waals surface area contributed by atoms with Crippen LogP contribution in [0.25, 0.3) is 10.9 Å². The molecule has 0 atom stereocenters. The Morgan fingerprint density at radius 3 is 2.52 bits per heavy atom. The van der Waals surface area contributed by atoms with E-state index >= 15 is 0 Å². The van der Waals surface area contributed by atoms with E-state index in [1.165, 1.54) is 6.07 Å². The molecule has 0 saturated heterocycles. The molecule has 0 aliphatic carbocycles. The number of nitrogens with one attached hydrogen (secondary N) is 1. The number of aromatic nitrogens is 2. The topological polar surface area (TPSA) is 37.8 Å². The van der Waals surface area contributed by atoms with Crippen molar-refractivity contribution >= 4 is 22.4 Å². The fourth-order valence-corrected chi connectivity index (χ4v) is 2.29. The van der Waals surface area contributed by atoms with Gasteiger partial charge >= 0.3 is 6.18 Å². The summed E-state index contributed by atoms with van der Waals surface area (Å²) in [6.45, 7) is 1.93. The summed E-state index contributed by atoms with van der Waals surface area (Å²) in [6, 6.07) is 12.5. The lowest BCUT2D eigenvalue weighted by Gasteiger charge is -2.12. The molecule has 0 saturated carbocycles. The molecule has 0 aliphatic heterocycles. The molecule has 3 rings (SSSR count). The maximum Gasteiger partial charge on any atom is 0.416 e. The molecule has 0 fully saturated rings. The van der Waals surface area contributed by atoms with Crippen molar-refractivity contribution in [1.82, 2.24) is 9.97 Å². The van der Waals surface area contributed by atoms with Gasteiger partial charge in [-0.05, 0) is 30.3 Å². The van der Waals surface area contributed by atoms with Crippen LogP contribution in [0, 0.1) is 0 Å². The largest absolute Gasteiger partial charge is 0.416 e. The van der Waals surface area contributed by atoms with Crippen molar-refractivity contribution in [1.29, 1.82) is 0 Å². The second kappa shape index (κ2) is 5.87. The van der Waals surface area contributed by atoms with Crippen LogP contribution in [0.15, 0.2) is 48.5 Å². The Hall–Kier alpha value is -2.63. The van der Waals surface area contributed by atoms with Crippen molar-refractivity contribution in [3.05, 3.63) is 59.9 Å². The fraction of sp³-hybridized carbons (Fsp3) is 0.176. The van der Waals surface area contributed by atoms with E-state index in [0.29, 0.717) is 23.8 Å². The molecule has 6 heteroatoms. The van der Waals surface area contributed by atoms with Crippen molar-refractivity contribution in [2.45, 2.75) is 19.5 Å². The Kier molecular flexibility index (Phi) is 3.90. The lowest BCUT2D eigenvalue weighted by atomic mass is 10.2. The zero-order valence-electron chi connectivity index (χ0n) is 12.4. The Morgan fingerprint density at radius 1 is 1.00 bits per heavy atom. The van der Waals surface area contributed by atoms with Crippen LogP contribution in [0.5, 0.6) is 0 Å². The van der Waals surface area contributed by atoms with E-state index in [9.17, 15) is 13.2 Å². The summed E-state index contributed by atoms with van der Waals surface area (Å²) in [5.41, 5.74) is 0.399. The highest BCUT2D eigenvalue weighted by Crippen LogP contribution is 2.32. The number of halogens is 3. The second-order valence-electron chi connectivity index (χ2n) is 5.06.